The van der Waals surface area contributed by atoms with Crippen molar-refractivity contribution in [2.24, 2.45) is 0 Å². The fourth-order valence-electron chi connectivity index (χ4n) is 2.21. The zero-order valence-electron chi connectivity index (χ0n) is 9.43. The molecule has 0 saturated heterocycles. The van der Waals surface area contributed by atoms with Crippen molar-refractivity contribution >= 4 is 0 Å². The molecule has 0 aromatic heterocycles. The minimum atomic E-state index is -0.399. The van der Waals surface area contributed by atoms with E-state index in [9.17, 15) is 0 Å². The highest BCUT2D eigenvalue weighted by atomic mass is 16.5. The Morgan fingerprint density at radius 1 is 1.12 bits per heavy atom. The largest absolute Gasteiger partial charge is 0.355 e. The summed E-state index contributed by atoms with van der Waals surface area (Å²) in [6.07, 6.45) is 5.86. The van der Waals surface area contributed by atoms with Crippen LogP contribution >= 0.6 is 0 Å². The van der Waals surface area contributed by atoms with E-state index in [1.165, 1.54) is 19.3 Å². The standard InChI is InChI=1S/C14H17NO/c15-11-14(12-7-3-1-4-8-12)16-13-9-5-2-6-10-13/h1,3-4,7-8,13-14H,2,5-6,9-10H2. The topological polar surface area (TPSA) is 33.0 Å². The number of nitriles is 1. The second kappa shape index (κ2) is 5.67. The van der Waals surface area contributed by atoms with E-state index >= 15 is 0 Å². The maximum absolute atomic E-state index is 9.14. The Hall–Kier alpha value is -1.33. The van der Waals surface area contributed by atoms with Crippen molar-refractivity contribution in [2.45, 2.75) is 44.3 Å². The summed E-state index contributed by atoms with van der Waals surface area (Å²) in [6.45, 7) is 0. The van der Waals surface area contributed by atoms with Gasteiger partial charge in [0.1, 0.15) is 0 Å². The van der Waals surface area contributed by atoms with E-state index in [1.54, 1.807) is 0 Å². The Balaban J connectivity index is 1.98. The Kier molecular flexibility index (Phi) is 3.96. The van der Waals surface area contributed by atoms with Crippen LogP contribution in [0.25, 0.3) is 0 Å². The lowest BCUT2D eigenvalue weighted by Crippen LogP contribution is -2.19. The molecule has 0 aliphatic heterocycles. The fourth-order valence-corrected chi connectivity index (χ4v) is 2.21. The van der Waals surface area contributed by atoms with Gasteiger partial charge in [0.2, 0.25) is 0 Å². The molecule has 2 nitrogen and oxygen atoms in total. The molecule has 1 atom stereocenters. The monoisotopic (exact) mass is 215 g/mol. The first-order valence-corrected chi connectivity index (χ1v) is 6.00. The predicted molar refractivity (Wildman–Crippen MR) is 62.8 cm³/mol. The van der Waals surface area contributed by atoms with E-state index < -0.39 is 6.10 Å². The van der Waals surface area contributed by atoms with Gasteiger partial charge in [0.05, 0.1) is 12.2 Å². The number of nitrogens with zero attached hydrogens (tertiary/aromatic N) is 1. The molecule has 16 heavy (non-hydrogen) atoms. The second-order valence-corrected chi connectivity index (χ2v) is 4.32. The van der Waals surface area contributed by atoms with Crippen molar-refractivity contribution in [3.63, 3.8) is 0 Å². The Labute approximate surface area is 96.9 Å². The first-order valence-electron chi connectivity index (χ1n) is 6.00. The third kappa shape index (κ3) is 2.84. The molecule has 0 N–H and O–H groups in total. The molecular weight excluding hydrogens is 198 g/mol. The summed E-state index contributed by atoms with van der Waals surface area (Å²) in [5.74, 6) is 0. The number of hydrogen-bond donors (Lipinski definition) is 0. The van der Waals surface area contributed by atoms with Gasteiger partial charge < -0.3 is 4.74 Å². The molecule has 0 heterocycles. The molecule has 0 bridgehead atoms. The van der Waals surface area contributed by atoms with E-state index in [-0.39, 0.29) is 6.10 Å². The lowest BCUT2D eigenvalue weighted by Gasteiger charge is -2.24. The van der Waals surface area contributed by atoms with E-state index in [0.717, 1.165) is 18.4 Å². The van der Waals surface area contributed by atoms with Gasteiger partial charge in [-0.15, -0.1) is 0 Å². The van der Waals surface area contributed by atoms with Crippen LogP contribution in [0.1, 0.15) is 43.8 Å². The highest BCUT2D eigenvalue weighted by Gasteiger charge is 2.19. The van der Waals surface area contributed by atoms with Crippen molar-refractivity contribution in [3.05, 3.63) is 35.9 Å². The van der Waals surface area contributed by atoms with Gasteiger partial charge in [-0.05, 0) is 18.4 Å². The van der Waals surface area contributed by atoms with Crippen LogP contribution in [0.3, 0.4) is 0 Å². The van der Waals surface area contributed by atoms with E-state index in [2.05, 4.69) is 6.07 Å². The smallest absolute Gasteiger partial charge is 0.169 e. The van der Waals surface area contributed by atoms with E-state index in [4.69, 9.17) is 10.00 Å². The van der Waals surface area contributed by atoms with Gasteiger partial charge >= 0.3 is 0 Å². The van der Waals surface area contributed by atoms with Crippen LogP contribution in [0.5, 0.6) is 0 Å². The highest BCUT2D eigenvalue weighted by molar-refractivity contribution is 5.22. The van der Waals surface area contributed by atoms with Crippen LogP contribution in [0.15, 0.2) is 30.3 Å². The summed E-state index contributed by atoms with van der Waals surface area (Å²) in [7, 11) is 0. The summed E-state index contributed by atoms with van der Waals surface area (Å²) >= 11 is 0. The maximum Gasteiger partial charge on any atom is 0.169 e. The molecular formula is C14H17NO. The van der Waals surface area contributed by atoms with Crippen molar-refractivity contribution in [1.82, 2.24) is 0 Å². The average Bonchev–Trinajstić information content (AvgIpc) is 2.38. The van der Waals surface area contributed by atoms with Crippen molar-refractivity contribution in [2.75, 3.05) is 0 Å². The molecule has 2 heteroatoms. The molecule has 0 radical (unpaired) electrons. The summed E-state index contributed by atoms with van der Waals surface area (Å²) in [5.41, 5.74) is 0.968. The quantitative estimate of drug-likeness (QED) is 0.771. The van der Waals surface area contributed by atoms with Crippen molar-refractivity contribution < 1.29 is 4.74 Å². The molecule has 1 unspecified atom stereocenters. The molecule has 1 aliphatic carbocycles. The van der Waals surface area contributed by atoms with E-state index in [0.29, 0.717) is 0 Å². The van der Waals surface area contributed by atoms with Crippen LogP contribution in [0.2, 0.25) is 0 Å². The van der Waals surface area contributed by atoms with Gasteiger partial charge in [0.15, 0.2) is 6.10 Å². The summed E-state index contributed by atoms with van der Waals surface area (Å²) in [6, 6.07) is 12.0. The third-order valence-electron chi connectivity index (χ3n) is 3.10. The first-order chi connectivity index (χ1) is 7.90. The van der Waals surface area contributed by atoms with Gasteiger partial charge in [-0.2, -0.15) is 5.26 Å². The number of hydrogen-bond acceptors (Lipinski definition) is 2. The molecule has 84 valence electrons. The molecule has 1 aromatic carbocycles. The fraction of sp³-hybridized carbons (Fsp3) is 0.500. The number of rotatable bonds is 3. The highest BCUT2D eigenvalue weighted by Crippen LogP contribution is 2.26. The number of ether oxygens (including phenoxy) is 1. The maximum atomic E-state index is 9.14. The molecule has 1 saturated carbocycles. The SMILES string of the molecule is N#CC(OC1CCCCC1)c1ccccc1. The lowest BCUT2D eigenvalue weighted by molar-refractivity contribution is -0.00472. The molecule has 0 amide bonds. The van der Waals surface area contributed by atoms with Gasteiger partial charge in [-0.3, -0.25) is 0 Å². The van der Waals surface area contributed by atoms with Gasteiger partial charge in [0, 0.05) is 0 Å². The Bertz CT molecular complexity index is 349. The third-order valence-corrected chi connectivity index (χ3v) is 3.10. The van der Waals surface area contributed by atoms with Gasteiger partial charge in [-0.1, -0.05) is 49.6 Å². The summed E-state index contributed by atoms with van der Waals surface area (Å²) in [4.78, 5) is 0. The molecule has 2 rings (SSSR count). The molecule has 1 aromatic rings. The molecule has 1 aliphatic rings. The van der Waals surface area contributed by atoms with E-state index in [1.807, 2.05) is 30.3 Å². The number of benzene rings is 1. The molecule has 1 fully saturated rings. The van der Waals surface area contributed by atoms with Crippen LogP contribution in [-0.2, 0) is 4.74 Å². The normalized spacial score (nSPS) is 18.9. The van der Waals surface area contributed by atoms with Crippen LogP contribution < -0.4 is 0 Å². The minimum absolute atomic E-state index is 0.276. The summed E-state index contributed by atoms with van der Waals surface area (Å²) in [5, 5.41) is 9.14. The Morgan fingerprint density at radius 2 is 1.81 bits per heavy atom. The summed E-state index contributed by atoms with van der Waals surface area (Å²) < 4.78 is 5.87. The lowest BCUT2D eigenvalue weighted by atomic mass is 9.97. The molecule has 0 spiro atoms. The first kappa shape index (κ1) is 11.2. The van der Waals surface area contributed by atoms with Crippen molar-refractivity contribution in [1.29, 1.82) is 5.26 Å². The van der Waals surface area contributed by atoms with Crippen LogP contribution in [0, 0.1) is 11.3 Å². The van der Waals surface area contributed by atoms with Crippen molar-refractivity contribution in [3.8, 4) is 6.07 Å². The average molecular weight is 215 g/mol. The minimum Gasteiger partial charge on any atom is -0.355 e. The van der Waals surface area contributed by atoms with Gasteiger partial charge in [0.25, 0.3) is 0 Å². The van der Waals surface area contributed by atoms with Crippen LogP contribution in [0.4, 0.5) is 0 Å². The second-order valence-electron chi connectivity index (χ2n) is 4.32. The Morgan fingerprint density at radius 3 is 2.44 bits per heavy atom. The van der Waals surface area contributed by atoms with Crippen LogP contribution in [-0.4, -0.2) is 6.10 Å². The zero-order valence-corrected chi connectivity index (χ0v) is 9.43. The predicted octanol–water partition coefficient (Wildman–Crippen LogP) is 3.60. The van der Waals surface area contributed by atoms with Gasteiger partial charge in [-0.25, -0.2) is 0 Å². The zero-order chi connectivity index (χ0) is 11.2.